The summed E-state index contributed by atoms with van der Waals surface area (Å²) in [6.07, 6.45) is 4.86. The van der Waals surface area contributed by atoms with Gasteiger partial charge in [-0.05, 0) is 12.5 Å². The van der Waals surface area contributed by atoms with Gasteiger partial charge in [0.1, 0.15) is 18.6 Å². The Kier molecular flexibility index (Phi) is 6.52. The molecule has 0 saturated heterocycles. The van der Waals surface area contributed by atoms with E-state index in [0.717, 1.165) is 12.8 Å². The van der Waals surface area contributed by atoms with E-state index in [4.69, 9.17) is 0 Å². The van der Waals surface area contributed by atoms with Crippen LogP contribution in [-0.2, 0) is 20.0 Å². The minimum absolute atomic E-state index is 0.310. The third-order valence-corrected chi connectivity index (χ3v) is 1.74. The minimum atomic E-state index is -4.45. The zero-order valence-corrected chi connectivity index (χ0v) is 8.22. The molecule has 78 valence electrons. The van der Waals surface area contributed by atoms with E-state index in [-0.39, 0.29) is 6.61 Å². The highest BCUT2D eigenvalue weighted by molar-refractivity contribution is 7.86. The maximum absolute atomic E-state index is 11.8. The Morgan fingerprint density at radius 3 is 2.69 bits per heavy atom. The summed E-state index contributed by atoms with van der Waals surface area (Å²) >= 11 is 0. The SMILES string of the molecule is CCCC=COOCCS(=O)(=O)F. The molecule has 0 fully saturated rings. The summed E-state index contributed by atoms with van der Waals surface area (Å²) in [4.78, 5) is 8.77. The number of unbranched alkanes of at least 4 members (excludes halogenated alkanes) is 1. The molecular formula is C7H13FO4S. The first-order valence-corrected chi connectivity index (χ1v) is 5.47. The number of rotatable bonds is 7. The normalized spacial score (nSPS) is 12.2. The summed E-state index contributed by atoms with van der Waals surface area (Å²) in [5.41, 5.74) is 0. The molecule has 0 aliphatic carbocycles. The second-order valence-corrected chi connectivity index (χ2v) is 3.81. The molecule has 0 amide bonds. The van der Waals surface area contributed by atoms with Crippen LogP contribution in [0.15, 0.2) is 12.3 Å². The van der Waals surface area contributed by atoms with E-state index in [1.54, 1.807) is 6.08 Å². The molecule has 0 rings (SSSR count). The summed E-state index contributed by atoms with van der Waals surface area (Å²) in [6.45, 7) is 1.69. The van der Waals surface area contributed by atoms with Crippen molar-refractivity contribution in [3.05, 3.63) is 12.3 Å². The highest BCUT2D eigenvalue weighted by Gasteiger charge is 2.05. The van der Waals surface area contributed by atoms with Gasteiger partial charge in [0.2, 0.25) is 0 Å². The molecule has 0 spiro atoms. The minimum Gasteiger partial charge on any atom is -0.346 e. The third kappa shape index (κ3) is 11.4. The molecule has 0 aliphatic heterocycles. The molecule has 6 heteroatoms. The maximum Gasteiger partial charge on any atom is 0.304 e. The molecule has 0 atom stereocenters. The predicted octanol–water partition coefficient (Wildman–Crippen LogP) is 1.55. The average molecular weight is 212 g/mol. The summed E-state index contributed by atoms with van der Waals surface area (Å²) in [6, 6.07) is 0. The van der Waals surface area contributed by atoms with Gasteiger partial charge in [0, 0.05) is 0 Å². The molecule has 0 aromatic heterocycles. The fraction of sp³-hybridized carbons (Fsp3) is 0.714. The van der Waals surface area contributed by atoms with Crippen molar-refractivity contribution in [2.75, 3.05) is 12.4 Å². The quantitative estimate of drug-likeness (QED) is 0.211. The second kappa shape index (κ2) is 6.85. The zero-order valence-electron chi connectivity index (χ0n) is 7.40. The van der Waals surface area contributed by atoms with Crippen LogP contribution in [0, 0.1) is 0 Å². The van der Waals surface area contributed by atoms with Gasteiger partial charge >= 0.3 is 10.2 Å². The Labute approximate surface area is 77.5 Å². The Balaban J connectivity index is 3.27. The van der Waals surface area contributed by atoms with E-state index < -0.39 is 16.0 Å². The molecule has 0 unspecified atom stereocenters. The first-order valence-electron chi connectivity index (χ1n) is 3.92. The molecule has 13 heavy (non-hydrogen) atoms. The van der Waals surface area contributed by atoms with E-state index in [9.17, 15) is 12.3 Å². The third-order valence-electron chi connectivity index (χ3n) is 1.09. The van der Waals surface area contributed by atoms with Gasteiger partial charge in [-0.1, -0.05) is 13.3 Å². The molecule has 4 nitrogen and oxygen atoms in total. The van der Waals surface area contributed by atoms with Gasteiger partial charge in [0.15, 0.2) is 0 Å². The largest absolute Gasteiger partial charge is 0.346 e. The van der Waals surface area contributed by atoms with Crippen molar-refractivity contribution in [2.24, 2.45) is 0 Å². The molecule has 0 N–H and O–H groups in total. The van der Waals surface area contributed by atoms with Crippen molar-refractivity contribution in [3.8, 4) is 0 Å². The molecule has 0 saturated carbocycles. The summed E-state index contributed by atoms with van der Waals surface area (Å²) in [7, 11) is -4.45. The molecule has 0 aromatic carbocycles. The maximum atomic E-state index is 11.8. The molecule has 0 bridgehead atoms. The first-order chi connectivity index (χ1) is 6.06. The van der Waals surface area contributed by atoms with Gasteiger partial charge in [-0.15, -0.1) is 3.89 Å². The lowest BCUT2D eigenvalue weighted by molar-refractivity contribution is -0.244. The van der Waals surface area contributed by atoms with Gasteiger partial charge in [0.25, 0.3) is 0 Å². The Morgan fingerprint density at radius 2 is 2.15 bits per heavy atom. The first kappa shape index (κ1) is 12.4. The van der Waals surface area contributed by atoms with Crippen molar-refractivity contribution < 1.29 is 22.1 Å². The van der Waals surface area contributed by atoms with Crippen LogP contribution >= 0.6 is 0 Å². The van der Waals surface area contributed by atoms with Crippen LogP contribution in [-0.4, -0.2) is 20.8 Å². The fourth-order valence-corrected chi connectivity index (χ4v) is 0.762. The number of hydrogen-bond acceptors (Lipinski definition) is 4. The molecule has 0 heterocycles. The number of hydrogen-bond donors (Lipinski definition) is 0. The van der Waals surface area contributed by atoms with Gasteiger partial charge in [-0.2, -0.15) is 13.3 Å². The van der Waals surface area contributed by atoms with Crippen LogP contribution in [0.25, 0.3) is 0 Å². The van der Waals surface area contributed by atoms with E-state index >= 15 is 0 Å². The predicted molar refractivity (Wildman–Crippen MR) is 46.0 cm³/mol. The lowest BCUT2D eigenvalue weighted by Gasteiger charge is -1.97. The summed E-state index contributed by atoms with van der Waals surface area (Å²) < 4.78 is 31.7. The van der Waals surface area contributed by atoms with E-state index in [0.29, 0.717) is 0 Å². The smallest absolute Gasteiger partial charge is 0.304 e. The molecule has 0 aliphatic rings. The van der Waals surface area contributed by atoms with Gasteiger partial charge in [0.05, 0.1) is 0 Å². The van der Waals surface area contributed by atoms with Crippen molar-refractivity contribution in [3.63, 3.8) is 0 Å². The van der Waals surface area contributed by atoms with E-state index in [1.807, 2.05) is 6.92 Å². The van der Waals surface area contributed by atoms with E-state index in [1.165, 1.54) is 6.26 Å². The number of allylic oxidation sites excluding steroid dienone is 1. The molecule has 0 radical (unpaired) electrons. The van der Waals surface area contributed by atoms with Gasteiger partial charge in [-0.3, -0.25) is 0 Å². The van der Waals surface area contributed by atoms with Crippen LogP contribution in [0.4, 0.5) is 3.89 Å². The van der Waals surface area contributed by atoms with Crippen LogP contribution < -0.4 is 0 Å². The van der Waals surface area contributed by atoms with E-state index in [2.05, 4.69) is 9.78 Å². The van der Waals surface area contributed by atoms with Crippen molar-refractivity contribution >= 4 is 10.2 Å². The fourth-order valence-electron chi connectivity index (χ4n) is 0.495. The van der Waals surface area contributed by atoms with Gasteiger partial charge < -0.3 is 4.89 Å². The van der Waals surface area contributed by atoms with Crippen molar-refractivity contribution in [2.45, 2.75) is 19.8 Å². The summed E-state index contributed by atoms with van der Waals surface area (Å²) in [5, 5.41) is 0. The average Bonchev–Trinajstić information content (AvgIpc) is 2.01. The van der Waals surface area contributed by atoms with Crippen LogP contribution in [0.2, 0.25) is 0 Å². The Hall–Kier alpha value is -0.620. The highest BCUT2D eigenvalue weighted by Crippen LogP contribution is 1.93. The number of halogens is 1. The monoisotopic (exact) mass is 212 g/mol. The zero-order chi connectivity index (χ0) is 10.2. The Morgan fingerprint density at radius 1 is 1.46 bits per heavy atom. The van der Waals surface area contributed by atoms with Gasteiger partial charge in [-0.25, -0.2) is 0 Å². The Bertz CT molecular complexity index is 235. The van der Waals surface area contributed by atoms with Crippen molar-refractivity contribution in [1.29, 1.82) is 0 Å². The lowest BCUT2D eigenvalue weighted by Crippen LogP contribution is -2.06. The topological polar surface area (TPSA) is 52.6 Å². The molecular weight excluding hydrogens is 199 g/mol. The van der Waals surface area contributed by atoms with Crippen LogP contribution in [0.3, 0.4) is 0 Å². The molecule has 0 aromatic rings. The van der Waals surface area contributed by atoms with Crippen molar-refractivity contribution in [1.82, 2.24) is 0 Å². The standard InChI is InChI=1S/C7H13FO4S/c1-2-3-4-5-11-12-6-7-13(8,9)10/h4-5H,2-3,6-7H2,1H3. The van der Waals surface area contributed by atoms with Crippen LogP contribution in [0.1, 0.15) is 19.8 Å². The summed E-state index contributed by atoms with van der Waals surface area (Å²) in [5.74, 6) is -0.686. The lowest BCUT2D eigenvalue weighted by atomic mass is 10.3. The highest BCUT2D eigenvalue weighted by atomic mass is 32.3. The second-order valence-electron chi connectivity index (χ2n) is 2.32. The van der Waals surface area contributed by atoms with Crippen LogP contribution in [0.5, 0.6) is 0 Å².